The van der Waals surface area contributed by atoms with Crippen molar-refractivity contribution in [1.29, 1.82) is 0 Å². The Balaban J connectivity index is 0.000000138. The Labute approximate surface area is 249 Å². The predicted molar refractivity (Wildman–Crippen MR) is 147 cm³/mol. The highest BCUT2D eigenvalue weighted by molar-refractivity contribution is 5.74. The van der Waals surface area contributed by atoms with E-state index in [1.54, 1.807) is 0 Å². The normalized spacial score (nSPS) is 57.5. The van der Waals surface area contributed by atoms with Crippen molar-refractivity contribution in [3.8, 4) is 0 Å². The number of rotatable bonds is 2. The molecule has 238 valence electrons. The third kappa shape index (κ3) is 4.22. The molecule has 8 heterocycles. The predicted octanol–water partition coefficient (Wildman–Crippen LogP) is 5.63. The molecule has 2 spiro atoms. The Hall–Kier alpha value is -0.850. The van der Waals surface area contributed by atoms with Crippen LogP contribution >= 0.6 is 0 Å². The number of hydrogen-bond donors (Lipinski definition) is 0. The van der Waals surface area contributed by atoms with Gasteiger partial charge >= 0.3 is 5.97 Å². The fourth-order valence-corrected chi connectivity index (χ4v) is 9.99. The zero-order valence-corrected chi connectivity index (χ0v) is 26.3. The van der Waals surface area contributed by atoms with E-state index in [0.29, 0.717) is 36.2 Å². The molecular formula is C32H50O10. The minimum Gasteiger partial charge on any atom is -0.432 e. The molecule has 42 heavy (non-hydrogen) atoms. The molecule has 0 amide bonds. The molecule has 0 N–H and O–H groups in total. The van der Waals surface area contributed by atoms with Crippen molar-refractivity contribution < 1.29 is 48.0 Å². The van der Waals surface area contributed by atoms with Crippen LogP contribution in [0.3, 0.4) is 0 Å². The second kappa shape index (κ2) is 10.3. The maximum Gasteiger partial charge on any atom is 0.311 e. The molecule has 0 aromatic rings. The van der Waals surface area contributed by atoms with Crippen LogP contribution in [0.5, 0.6) is 0 Å². The van der Waals surface area contributed by atoms with Gasteiger partial charge in [-0.05, 0) is 77.0 Å². The van der Waals surface area contributed by atoms with Gasteiger partial charge in [0.1, 0.15) is 0 Å². The van der Waals surface area contributed by atoms with Gasteiger partial charge in [-0.1, -0.05) is 27.7 Å². The molecule has 10 aliphatic rings. The van der Waals surface area contributed by atoms with Gasteiger partial charge in [0.05, 0.1) is 5.92 Å². The molecule has 10 heteroatoms. The van der Waals surface area contributed by atoms with E-state index in [1.165, 1.54) is 6.42 Å². The van der Waals surface area contributed by atoms with Crippen LogP contribution in [0.1, 0.15) is 99.8 Å². The van der Waals surface area contributed by atoms with Gasteiger partial charge < -0.3 is 23.7 Å². The molecule has 0 radical (unpaired) electrons. The maximum atomic E-state index is 12.1. The summed E-state index contributed by atoms with van der Waals surface area (Å²) in [5.74, 6) is 0.820. The molecule has 10 rings (SSSR count). The van der Waals surface area contributed by atoms with Crippen molar-refractivity contribution in [2.75, 3.05) is 6.61 Å². The van der Waals surface area contributed by atoms with Crippen LogP contribution < -0.4 is 0 Å². The molecule has 4 bridgehead atoms. The Morgan fingerprint density at radius 2 is 1.26 bits per heavy atom. The van der Waals surface area contributed by atoms with Gasteiger partial charge in [-0.3, -0.25) is 4.79 Å². The summed E-state index contributed by atoms with van der Waals surface area (Å²) in [6.45, 7) is 15.2. The van der Waals surface area contributed by atoms with E-state index in [9.17, 15) is 4.79 Å². The molecule has 0 aromatic heterocycles. The average Bonchev–Trinajstić information content (AvgIpc) is 3.32. The third-order valence-corrected chi connectivity index (χ3v) is 12.4. The second-order valence-electron chi connectivity index (χ2n) is 14.9. The van der Waals surface area contributed by atoms with Gasteiger partial charge in [-0.2, -0.15) is 0 Å². The molecule has 8 saturated heterocycles. The molecule has 8 aliphatic heterocycles. The summed E-state index contributed by atoms with van der Waals surface area (Å²) >= 11 is 0. The molecule has 1 unspecified atom stereocenters. The van der Waals surface area contributed by atoms with Crippen LogP contribution in [0.15, 0.2) is 0 Å². The van der Waals surface area contributed by atoms with Gasteiger partial charge in [0.2, 0.25) is 17.9 Å². The quantitative estimate of drug-likeness (QED) is 0.296. The van der Waals surface area contributed by atoms with Crippen molar-refractivity contribution in [3.63, 3.8) is 0 Å². The smallest absolute Gasteiger partial charge is 0.311 e. The summed E-state index contributed by atoms with van der Waals surface area (Å²) in [4.78, 5) is 35.5. The lowest BCUT2D eigenvalue weighted by molar-refractivity contribution is -0.577. The number of fused-ring (bicyclic) bond motifs is 4. The SMILES string of the molecule is CCO[C@H]1O[C@@H]2O[C@]3(C)CC[C@H]4[C@H](C)CC[C@@H]([C@H]1C)C24OO3.C[C@@H]1CC[C@H]2[C@@H](C)C(=O)O[C@@H]3O[C@]4(C)CC[C@@H]1[C@]32OO4. The number of ether oxygens (including phenoxy) is 5. The Bertz CT molecular complexity index is 1060. The van der Waals surface area contributed by atoms with E-state index in [1.807, 2.05) is 27.7 Å². The van der Waals surface area contributed by atoms with Gasteiger partial charge in [0.15, 0.2) is 23.8 Å². The summed E-state index contributed by atoms with van der Waals surface area (Å²) in [7, 11) is 0. The minimum absolute atomic E-state index is 0.123. The van der Waals surface area contributed by atoms with Crippen molar-refractivity contribution in [3.05, 3.63) is 0 Å². The first-order valence-electron chi connectivity index (χ1n) is 16.5. The number of carbonyl (C=O) groups is 1. The molecule has 10 nitrogen and oxygen atoms in total. The molecule has 2 saturated carbocycles. The monoisotopic (exact) mass is 594 g/mol. The van der Waals surface area contributed by atoms with Crippen LogP contribution in [0.2, 0.25) is 0 Å². The number of hydrogen-bond acceptors (Lipinski definition) is 10. The maximum absolute atomic E-state index is 12.1. The first-order chi connectivity index (χ1) is 20.0. The Morgan fingerprint density at radius 3 is 1.86 bits per heavy atom. The first-order valence-corrected chi connectivity index (χ1v) is 16.5. The van der Waals surface area contributed by atoms with E-state index < -0.39 is 29.1 Å². The van der Waals surface area contributed by atoms with Gasteiger partial charge in [0, 0.05) is 43.1 Å². The highest BCUT2D eigenvalue weighted by Gasteiger charge is 2.71. The zero-order valence-electron chi connectivity index (χ0n) is 26.3. The van der Waals surface area contributed by atoms with Gasteiger partial charge in [0.25, 0.3) is 0 Å². The molecule has 10 fully saturated rings. The average molecular weight is 595 g/mol. The lowest BCUT2D eigenvalue weighted by atomic mass is 9.58. The van der Waals surface area contributed by atoms with E-state index in [0.717, 1.165) is 44.9 Å². The van der Waals surface area contributed by atoms with Crippen molar-refractivity contribution in [2.24, 2.45) is 47.3 Å². The Morgan fingerprint density at radius 1 is 0.714 bits per heavy atom. The zero-order chi connectivity index (χ0) is 29.7. The first kappa shape index (κ1) is 29.8. The van der Waals surface area contributed by atoms with E-state index in [4.69, 9.17) is 43.2 Å². The topological polar surface area (TPSA) is 100 Å². The van der Waals surface area contributed by atoms with Crippen molar-refractivity contribution in [2.45, 2.75) is 141 Å². The second-order valence-corrected chi connectivity index (χ2v) is 14.9. The summed E-state index contributed by atoms with van der Waals surface area (Å²) in [6, 6.07) is 0. The van der Waals surface area contributed by atoms with E-state index in [2.05, 4.69) is 20.8 Å². The van der Waals surface area contributed by atoms with Crippen LogP contribution in [-0.2, 0) is 48.0 Å². The van der Waals surface area contributed by atoms with Gasteiger partial charge in [-0.25, -0.2) is 19.6 Å². The fourth-order valence-electron chi connectivity index (χ4n) is 9.99. The third-order valence-electron chi connectivity index (χ3n) is 12.4. The van der Waals surface area contributed by atoms with E-state index in [-0.39, 0.29) is 36.3 Å². The van der Waals surface area contributed by atoms with Crippen LogP contribution in [0, 0.1) is 47.3 Å². The molecule has 0 aromatic carbocycles. The van der Waals surface area contributed by atoms with Crippen molar-refractivity contribution in [1.82, 2.24) is 0 Å². The highest BCUT2D eigenvalue weighted by Crippen LogP contribution is 2.61. The van der Waals surface area contributed by atoms with Gasteiger partial charge in [-0.15, -0.1) is 0 Å². The van der Waals surface area contributed by atoms with Crippen molar-refractivity contribution >= 4 is 5.97 Å². The molecule has 2 aliphatic carbocycles. The summed E-state index contributed by atoms with van der Waals surface area (Å²) in [5.41, 5.74) is -1.08. The lowest BCUT2D eigenvalue weighted by Crippen LogP contribution is -2.70. The number of esters is 1. The summed E-state index contributed by atoms with van der Waals surface area (Å²) < 4.78 is 29.9. The highest BCUT2D eigenvalue weighted by atomic mass is 17.3. The largest absolute Gasteiger partial charge is 0.432 e. The van der Waals surface area contributed by atoms with Crippen LogP contribution in [0.4, 0.5) is 0 Å². The fraction of sp³-hybridized carbons (Fsp3) is 0.969. The van der Waals surface area contributed by atoms with Crippen LogP contribution in [0.25, 0.3) is 0 Å². The standard InChI is InChI=1S/C17H28O5.C15H22O5/c1-5-18-14-11(3)13-7-6-10(2)12-8-9-16(4)20-15(19-14)17(12,13)22-21-16;1-8-4-5-11-9(2)12(16)17-13-15(11)10(8)6-7-14(3,18-13)19-20-15/h10-15H,5-9H2,1-4H3;8-11,13H,4-7H2,1-3H3/t10-,11-,12+,13+,14+,15-,16+,17?;8-,9-,10+,11+,13-,14+,15-/m11/s1. The summed E-state index contributed by atoms with van der Waals surface area (Å²) in [6.07, 6.45) is 6.90. The van der Waals surface area contributed by atoms with Crippen LogP contribution in [-0.4, -0.2) is 54.2 Å². The summed E-state index contributed by atoms with van der Waals surface area (Å²) in [5, 5.41) is 0. The van der Waals surface area contributed by atoms with E-state index >= 15 is 0 Å². The lowest BCUT2D eigenvalue weighted by Gasteiger charge is -2.60. The molecular weight excluding hydrogens is 544 g/mol. The minimum atomic E-state index is -0.793. The number of carbonyl (C=O) groups excluding carboxylic acids is 1. The molecule has 15 atom stereocenters. The Kier molecular flexibility index (Phi) is 7.35.